The van der Waals surface area contributed by atoms with Crippen LogP contribution in [0.1, 0.15) is 19.8 Å². The van der Waals surface area contributed by atoms with Gasteiger partial charge in [-0.15, -0.1) is 0 Å². The Morgan fingerprint density at radius 2 is 2.15 bits per heavy atom. The fraction of sp³-hybridized carbons (Fsp3) is 0.700. The number of hydrogen-bond acceptors (Lipinski definition) is 2. The lowest BCUT2D eigenvalue weighted by atomic mass is 10.1. The van der Waals surface area contributed by atoms with E-state index in [2.05, 4.69) is 0 Å². The zero-order chi connectivity index (χ0) is 9.68. The molecule has 1 saturated heterocycles. The summed E-state index contributed by atoms with van der Waals surface area (Å²) in [6, 6.07) is 0. The zero-order valence-electron chi connectivity index (χ0n) is 8.38. The first kappa shape index (κ1) is 10.3. The summed E-state index contributed by atoms with van der Waals surface area (Å²) in [5, 5.41) is 0. The Kier molecular flexibility index (Phi) is 3.96. The molecular formula is C10H17NO2. The summed E-state index contributed by atoms with van der Waals surface area (Å²) in [5.41, 5.74) is 1.22. The molecular weight excluding hydrogens is 166 g/mol. The summed E-state index contributed by atoms with van der Waals surface area (Å²) < 4.78 is 5.20. The molecule has 0 unspecified atom stereocenters. The number of likely N-dealkylation sites (N-methyl/N-ethyl adjacent to an activating group) is 1. The van der Waals surface area contributed by atoms with Crippen molar-refractivity contribution in [3.05, 3.63) is 11.6 Å². The topological polar surface area (TPSA) is 29.5 Å². The first-order chi connectivity index (χ1) is 6.24. The Bertz CT molecular complexity index is 203. The summed E-state index contributed by atoms with van der Waals surface area (Å²) in [7, 11) is 1.82. The average Bonchev–Trinajstić information content (AvgIpc) is 2.18. The highest BCUT2D eigenvalue weighted by molar-refractivity contribution is 5.88. The molecule has 3 heteroatoms. The maximum atomic E-state index is 11.5. The van der Waals surface area contributed by atoms with Crippen LogP contribution in [0.5, 0.6) is 0 Å². The van der Waals surface area contributed by atoms with Gasteiger partial charge in [0.2, 0.25) is 5.91 Å². The molecule has 0 atom stereocenters. The fourth-order valence-electron chi connectivity index (χ4n) is 1.22. The van der Waals surface area contributed by atoms with Crippen molar-refractivity contribution in [2.75, 3.05) is 26.8 Å². The van der Waals surface area contributed by atoms with E-state index in [4.69, 9.17) is 4.74 Å². The molecule has 0 aromatic rings. The zero-order valence-corrected chi connectivity index (χ0v) is 8.38. The van der Waals surface area contributed by atoms with Gasteiger partial charge in [-0.25, -0.2) is 0 Å². The maximum Gasteiger partial charge on any atom is 0.246 e. The fourth-order valence-corrected chi connectivity index (χ4v) is 1.22. The number of rotatable bonds is 2. The van der Waals surface area contributed by atoms with Crippen LogP contribution in [0.3, 0.4) is 0 Å². The van der Waals surface area contributed by atoms with E-state index in [9.17, 15) is 4.79 Å². The highest BCUT2D eigenvalue weighted by Gasteiger charge is 2.09. The van der Waals surface area contributed by atoms with Crippen LogP contribution in [0.4, 0.5) is 0 Å². The molecule has 0 aliphatic carbocycles. The minimum atomic E-state index is 0.111. The predicted octanol–water partition coefficient (Wildman–Crippen LogP) is 1.20. The third-order valence-electron chi connectivity index (χ3n) is 2.31. The molecule has 0 saturated carbocycles. The van der Waals surface area contributed by atoms with E-state index in [1.54, 1.807) is 11.0 Å². The van der Waals surface area contributed by atoms with Gasteiger partial charge in [0, 0.05) is 19.7 Å². The van der Waals surface area contributed by atoms with E-state index in [1.165, 1.54) is 5.57 Å². The van der Waals surface area contributed by atoms with Gasteiger partial charge in [0.05, 0.1) is 13.2 Å². The van der Waals surface area contributed by atoms with E-state index in [0.717, 1.165) is 32.6 Å². The molecule has 1 amide bonds. The lowest BCUT2D eigenvalue weighted by Crippen LogP contribution is -2.25. The standard InChI is InChI=1S/C10H17NO2/c1-3-11(2)10(12)8-9-4-6-13-7-5-9/h8H,3-7H2,1-2H3. The highest BCUT2D eigenvalue weighted by atomic mass is 16.5. The van der Waals surface area contributed by atoms with Crippen molar-refractivity contribution in [2.24, 2.45) is 0 Å². The van der Waals surface area contributed by atoms with Gasteiger partial charge in [0.1, 0.15) is 0 Å². The van der Waals surface area contributed by atoms with E-state index in [-0.39, 0.29) is 5.91 Å². The van der Waals surface area contributed by atoms with Gasteiger partial charge in [-0.1, -0.05) is 5.57 Å². The highest BCUT2D eigenvalue weighted by Crippen LogP contribution is 2.13. The molecule has 3 nitrogen and oxygen atoms in total. The number of nitrogens with zero attached hydrogens (tertiary/aromatic N) is 1. The number of ether oxygens (including phenoxy) is 1. The van der Waals surface area contributed by atoms with Gasteiger partial charge in [-0.05, 0) is 19.8 Å². The van der Waals surface area contributed by atoms with E-state index in [1.807, 2.05) is 14.0 Å². The second-order valence-electron chi connectivity index (χ2n) is 3.27. The first-order valence-corrected chi connectivity index (χ1v) is 4.76. The van der Waals surface area contributed by atoms with Crippen LogP contribution >= 0.6 is 0 Å². The van der Waals surface area contributed by atoms with E-state index < -0.39 is 0 Å². The molecule has 0 bridgehead atoms. The summed E-state index contributed by atoms with van der Waals surface area (Å²) in [6.07, 6.45) is 3.57. The third kappa shape index (κ3) is 3.19. The molecule has 0 aromatic heterocycles. The minimum absolute atomic E-state index is 0.111. The second kappa shape index (κ2) is 5.02. The molecule has 13 heavy (non-hydrogen) atoms. The van der Waals surface area contributed by atoms with Crippen LogP contribution in [0.15, 0.2) is 11.6 Å². The summed E-state index contributed by atoms with van der Waals surface area (Å²) in [5.74, 6) is 0.111. The molecule has 74 valence electrons. The Morgan fingerprint density at radius 3 is 2.69 bits per heavy atom. The van der Waals surface area contributed by atoms with Crippen molar-refractivity contribution < 1.29 is 9.53 Å². The van der Waals surface area contributed by atoms with E-state index >= 15 is 0 Å². The van der Waals surface area contributed by atoms with E-state index in [0.29, 0.717) is 0 Å². The quantitative estimate of drug-likeness (QED) is 0.602. The number of carbonyl (C=O) groups is 1. The number of carbonyl (C=O) groups excluding carboxylic acids is 1. The molecule has 0 N–H and O–H groups in total. The smallest absolute Gasteiger partial charge is 0.246 e. The predicted molar refractivity (Wildman–Crippen MR) is 51.4 cm³/mol. The Balaban J connectivity index is 2.48. The molecule has 1 aliphatic rings. The summed E-state index contributed by atoms with van der Waals surface area (Å²) in [4.78, 5) is 13.2. The van der Waals surface area contributed by atoms with Crippen LogP contribution in [0.2, 0.25) is 0 Å². The molecule has 1 rings (SSSR count). The van der Waals surface area contributed by atoms with Gasteiger partial charge in [-0.3, -0.25) is 4.79 Å². The minimum Gasteiger partial charge on any atom is -0.381 e. The molecule has 0 aromatic carbocycles. The lowest BCUT2D eigenvalue weighted by Gasteiger charge is -2.16. The third-order valence-corrected chi connectivity index (χ3v) is 2.31. The number of hydrogen-bond donors (Lipinski definition) is 0. The van der Waals surface area contributed by atoms with Gasteiger partial charge >= 0.3 is 0 Å². The monoisotopic (exact) mass is 183 g/mol. The van der Waals surface area contributed by atoms with Gasteiger partial charge in [-0.2, -0.15) is 0 Å². The average molecular weight is 183 g/mol. The van der Waals surface area contributed by atoms with Crippen LogP contribution in [-0.4, -0.2) is 37.6 Å². The normalized spacial score (nSPS) is 16.9. The van der Waals surface area contributed by atoms with Crippen molar-refractivity contribution in [3.63, 3.8) is 0 Å². The Labute approximate surface area is 79.4 Å². The van der Waals surface area contributed by atoms with Gasteiger partial charge in [0.25, 0.3) is 0 Å². The Hall–Kier alpha value is -0.830. The SMILES string of the molecule is CCN(C)C(=O)C=C1CCOCC1. The molecule has 1 aliphatic heterocycles. The van der Waals surface area contributed by atoms with Crippen LogP contribution < -0.4 is 0 Å². The molecule has 0 radical (unpaired) electrons. The van der Waals surface area contributed by atoms with Crippen LogP contribution in [-0.2, 0) is 9.53 Å². The van der Waals surface area contributed by atoms with Crippen LogP contribution in [0.25, 0.3) is 0 Å². The molecule has 0 spiro atoms. The largest absolute Gasteiger partial charge is 0.381 e. The van der Waals surface area contributed by atoms with Gasteiger partial charge < -0.3 is 9.64 Å². The molecule has 1 fully saturated rings. The van der Waals surface area contributed by atoms with Crippen molar-refractivity contribution >= 4 is 5.91 Å². The van der Waals surface area contributed by atoms with Crippen molar-refractivity contribution in [1.29, 1.82) is 0 Å². The maximum absolute atomic E-state index is 11.5. The number of amides is 1. The van der Waals surface area contributed by atoms with Gasteiger partial charge in [0.15, 0.2) is 0 Å². The lowest BCUT2D eigenvalue weighted by molar-refractivity contribution is -0.124. The van der Waals surface area contributed by atoms with Crippen molar-refractivity contribution in [2.45, 2.75) is 19.8 Å². The summed E-state index contributed by atoms with van der Waals surface area (Å²) in [6.45, 7) is 4.25. The first-order valence-electron chi connectivity index (χ1n) is 4.76. The Morgan fingerprint density at radius 1 is 1.54 bits per heavy atom. The molecule has 1 heterocycles. The van der Waals surface area contributed by atoms with Crippen LogP contribution in [0, 0.1) is 0 Å². The second-order valence-corrected chi connectivity index (χ2v) is 3.27. The van der Waals surface area contributed by atoms with Crippen molar-refractivity contribution in [1.82, 2.24) is 4.90 Å². The summed E-state index contributed by atoms with van der Waals surface area (Å²) >= 11 is 0. The van der Waals surface area contributed by atoms with Crippen molar-refractivity contribution in [3.8, 4) is 0 Å².